The SMILES string of the molecule is CCC(c1ccc(F)cc1)N1CCCN(S(N)(=O)=O)CC1. The van der Waals surface area contributed by atoms with Crippen LogP contribution in [0, 0.1) is 5.82 Å². The van der Waals surface area contributed by atoms with E-state index in [1.165, 1.54) is 16.4 Å². The molecule has 7 heteroatoms. The molecule has 0 radical (unpaired) electrons. The van der Waals surface area contributed by atoms with Crippen LogP contribution in [0.5, 0.6) is 0 Å². The van der Waals surface area contributed by atoms with E-state index in [0.717, 1.165) is 24.9 Å². The van der Waals surface area contributed by atoms with E-state index in [0.29, 0.717) is 19.6 Å². The van der Waals surface area contributed by atoms with Gasteiger partial charge >= 0.3 is 0 Å². The molecule has 0 aliphatic carbocycles. The maximum absolute atomic E-state index is 13.0. The molecule has 0 bridgehead atoms. The maximum atomic E-state index is 13.0. The second-order valence-electron chi connectivity index (χ2n) is 5.31. The molecule has 1 heterocycles. The predicted molar refractivity (Wildman–Crippen MR) is 80.3 cm³/mol. The summed E-state index contributed by atoms with van der Waals surface area (Å²) in [5, 5.41) is 5.20. The smallest absolute Gasteiger partial charge is 0.276 e. The minimum absolute atomic E-state index is 0.172. The number of benzene rings is 1. The molecule has 1 aromatic carbocycles. The predicted octanol–water partition coefficient (Wildman–Crippen LogP) is 1.49. The van der Waals surface area contributed by atoms with Gasteiger partial charge in [0.2, 0.25) is 0 Å². The third kappa shape index (κ3) is 4.23. The zero-order chi connectivity index (χ0) is 15.5. The highest BCUT2D eigenvalue weighted by molar-refractivity contribution is 7.86. The van der Waals surface area contributed by atoms with Gasteiger partial charge in [-0.05, 0) is 30.5 Å². The normalized spacial score (nSPS) is 20.1. The molecule has 1 atom stereocenters. The van der Waals surface area contributed by atoms with Crippen molar-refractivity contribution in [1.29, 1.82) is 0 Å². The Morgan fingerprint density at radius 2 is 1.86 bits per heavy atom. The van der Waals surface area contributed by atoms with Gasteiger partial charge in [-0.25, -0.2) is 9.53 Å². The van der Waals surface area contributed by atoms with Gasteiger partial charge < -0.3 is 0 Å². The first-order valence-corrected chi connectivity index (χ1v) is 8.69. The summed E-state index contributed by atoms with van der Waals surface area (Å²) in [6.45, 7) is 4.37. The van der Waals surface area contributed by atoms with Gasteiger partial charge in [0.25, 0.3) is 10.2 Å². The standard InChI is InChI=1S/C14H22FN3O2S/c1-2-14(12-4-6-13(15)7-5-12)17-8-3-9-18(11-10-17)21(16,19)20/h4-7,14H,2-3,8-11H2,1H3,(H2,16,19,20). The van der Waals surface area contributed by atoms with Crippen molar-refractivity contribution in [2.75, 3.05) is 26.2 Å². The lowest BCUT2D eigenvalue weighted by Gasteiger charge is -2.30. The Morgan fingerprint density at radius 1 is 1.19 bits per heavy atom. The van der Waals surface area contributed by atoms with Gasteiger partial charge in [-0.1, -0.05) is 19.1 Å². The quantitative estimate of drug-likeness (QED) is 0.915. The molecule has 5 nitrogen and oxygen atoms in total. The Kier molecular flexibility index (Phi) is 5.32. The van der Waals surface area contributed by atoms with E-state index in [2.05, 4.69) is 11.8 Å². The number of rotatable bonds is 4. The lowest BCUT2D eigenvalue weighted by atomic mass is 10.0. The monoisotopic (exact) mass is 315 g/mol. The van der Waals surface area contributed by atoms with Gasteiger partial charge in [-0.2, -0.15) is 12.7 Å². The summed E-state index contributed by atoms with van der Waals surface area (Å²) < 4.78 is 37.2. The molecule has 0 saturated carbocycles. The molecule has 0 amide bonds. The average Bonchev–Trinajstić information content (AvgIpc) is 2.67. The fourth-order valence-electron chi connectivity index (χ4n) is 2.87. The van der Waals surface area contributed by atoms with Crippen LogP contribution in [0.2, 0.25) is 0 Å². The molecule has 1 aliphatic rings. The van der Waals surface area contributed by atoms with Crippen molar-refractivity contribution >= 4 is 10.2 Å². The Hall–Kier alpha value is -1.02. The van der Waals surface area contributed by atoms with Crippen LogP contribution in [-0.2, 0) is 10.2 Å². The topological polar surface area (TPSA) is 66.6 Å². The summed E-state index contributed by atoms with van der Waals surface area (Å²) in [5.74, 6) is -0.245. The number of nitrogens with zero attached hydrogens (tertiary/aromatic N) is 2. The third-order valence-electron chi connectivity index (χ3n) is 3.93. The van der Waals surface area contributed by atoms with Gasteiger partial charge in [-0.15, -0.1) is 0 Å². The zero-order valence-electron chi connectivity index (χ0n) is 12.2. The van der Waals surface area contributed by atoms with Crippen LogP contribution in [0.4, 0.5) is 4.39 Å². The van der Waals surface area contributed by atoms with E-state index in [9.17, 15) is 12.8 Å². The molecular weight excluding hydrogens is 293 g/mol. The average molecular weight is 315 g/mol. The van der Waals surface area contributed by atoms with Crippen molar-refractivity contribution < 1.29 is 12.8 Å². The van der Waals surface area contributed by atoms with E-state index in [4.69, 9.17) is 5.14 Å². The lowest BCUT2D eigenvalue weighted by molar-refractivity contribution is 0.202. The van der Waals surface area contributed by atoms with Crippen LogP contribution in [0.3, 0.4) is 0 Å². The van der Waals surface area contributed by atoms with Gasteiger partial charge in [0, 0.05) is 32.2 Å². The van der Waals surface area contributed by atoms with E-state index >= 15 is 0 Å². The highest BCUT2D eigenvalue weighted by atomic mass is 32.2. The minimum Gasteiger partial charge on any atom is -0.295 e. The van der Waals surface area contributed by atoms with Crippen LogP contribution >= 0.6 is 0 Å². The largest absolute Gasteiger partial charge is 0.295 e. The fourth-order valence-corrected chi connectivity index (χ4v) is 3.59. The van der Waals surface area contributed by atoms with Crippen LogP contribution in [0.25, 0.3) is 0 Å². The van der Waals surface area contributed by atoms with E-state index in [-0.39, 0.29) is 11.9 Å². The molecule has 0 aromatic heterocycles. The summed E-state index contributed by atoms with van der Waals surface area (Å²) in [7, 11) is -3.62. The molecule has 0 spiro atoms. The zero-order valence-corrected chi connectivity index (χ0v) is 13.0. The molecule has 118 valence electrons. The van der Waals surface area contributed by atoms with E-state index in [1.807, 2.05) is 0 Å². The molecule has 2 N–H and O–H groups in total. The first-order chi connectivity index (χ1) is 9.91. The molecule has 2 rings (SSSR count). The first kappa shape index (κ1) is 16.4. The van der Waals surface area contributed by atoms with Crippen molar-refractivity contribution in [1.82, 2.24) is 9.21 Å². The summed E-state index contributed by atoms with van der Waals surface area (Å²) >= 11 is 0. The lowest BCUT2D eigenvalue weighted by Crippen LogP contribution is -2.39. The van der Waals surface area contributed by atoms with Gasteiger partial charge in [0.1, 0.15) is 5.82 Å². The number of halogens is 1. The van der Waals surface area contributed by atoms with E-state index in [1.54, 1.807) is 12.1 Å². The van der Waals surface area contributed by atoms with Gasteiger partial charge in [0.05, 0.1) is 0 Å². The minimum atomic E-state index is -3.62. The number of hydrogen-bond donors (Lipinski definition) is 1. The second kappa shape index (κ2) is 6.83. The first-order valence-electron chi connectivity index (χ1n) is 7.19. The Bertz CT molecular complexity index is 562. The van der Waals surface area contributed by atoms with Crippen molar-refractivity contribution in [2.45, 2.75) is 25.8 Å². The van der Waals surface area contributed by atoms with Crippen molar-refractivity contribution in [3.63, 3.8) is 0 Å². The van der Waals surface area contributed by atoms with Crippen LogP contribution < -0.4 is 5.14 Å². The highest BCUT2D eigenvalue weighted by Gasteiger charge is 2.25. The van der Waals surface area contributed by atoms with E-state index < -0.39 is 10.2 Å². The maximum Gasteiger partial charge on any atom is 0.276 e. The number of hydrogen-bond acceptors (Lipinski definition) is 3. The van der Waals surface area contributed by atoms with Crippen molar-refractivity contribution in [3.8, 4) is 0 Å². The van der Waals surface area contributed by atoms with Crippen LogP contribution in [-0.4, -0.2) is 43.8 Å². The van der Waals surface area contributed by atoms with Gasteiger partial charge in [-0.3, -0.25) is 4.90 Å². The van der Waals surface area contributed by atoms with Gasteiger partial charge in [0.15, 0.2) is 0 Å². The molecule has 1 aromatic rings. The summed E-state index contributed by atoms with van der Waals surface area (Å²) in [6, 6.07) is 6.70. The molecular formula is C14H22FN3O2S. The molecule has 1 fully saturated rings. The molecule has 1 unspecified atom stereocenters. The Labute approximate surface area is 125 Å². The Morgan fingerprint density at radius 3 is 2.43 bits per heavy atom. The third-order valence-corrected chi connectivity index (χ3v) is 5.02. The summed E-state index contributed by atoms with van der Waals surface area (Å²) in [4.78, 5) is 2.25. The summed E-state index contributed by atoms with van der Waals surface area (Å²) in [5.41, 5.74) is 1.06. The molecule has 1 saturated heterocycles. The van der Waals surface area contributed by atoms with Crippen molar-refractivity contribution in [3.05, 3.63) is 35.6 Å². The highest BCUT2D eigenvalue weighted by Crippen LogP contribution is 2.25. The second-order valence-corrected chi connectivity index (χ2v) is 6.86. The fraction of sp³-hybridized carbons (Fsp3) is 0.571. The molecule has 21 heavy (non-hydrogen) atoms. The number of nitrogens with two attached hydrogens (primary N) is 1. The van der Waals surface area contributed by atoms with Crippen LogP contribution in [0.15, 0.2) is 24.3 Å². The summed E-state index contributed by atoms with van der Waals surface area (Å²) in [6.07, 6.45) is 1.63. The van der Waals surface area contributed by atoms with Crippen LogP contribution in [0.1, 0.15) is 31.4 Å². The van der Waals surface area contributed by atoms with Crippen molar-refractivity contribution in [2.24, 2.45) is 5.14 Å². The molecule has 1 aliphatic heterocycles. The Balaban J connectivity index is 2.11.